The average Bonchev–Trinajstić information content (AvgIpc) is 2.53. The molecule has 2 aromatic carbocycles. The maximum atomic E-state index is 13.0. The van der Waals surface area contributed by atoms with Crippen LogP contribution in [-0.4, -0.2) is 27.5 Å². The van der Waals surface area contributed by atoms with Crippen molar-refractivity contribution in [3.63, 3.8) is 0 Å². The summed E-state index contributed by atoms with van der Waals surface area (Å²) in [6, 6.07) is 7.89. The van der Waals surface area contributed by atoms with Crippen LogP contribution >= 0.6 is 0 Å². The van der Waals surface area contributed by atoms with Crippen molar-refractivity contribution in [1.82, 2.24) is 0 Å². The van der Waals surface area contributed by atoms with Gasteiger partial charge in [-0.05, 0) is 30.3 Å². The highest BCUT2D eigenvalue weighted by Crippen LogP contribution is 2.34. The Kier molecular flexibility index (Phi) is 4.50. The molecule has 0 bridgehead atoms. The van der Waals surface area contributed by atoms with Gasteiger partial charge in [-0.2, -0.15) is 0 Å². The third-order valence-corrected chi connectivity index (χ3v) is 4.97. The minimum absolute atomic E-state index is 0.00558. The summed E-state index contributed by atoms with van der Waals surface area (Å²) in [6.45, 7) is 0. The number of halogens is 1. The van der Waals surface area contributed by atoms with E-state index < -0.39 is 20.8 Å². The molecule has 0 amide bonds. The number of non-ortho nitro benzene ring substituents is 1. The molecule has 0 radical (unpaired) electrons. The van der Waals surface area contributed by atoms with Crippen LogP contribution in [0.3, 0.4) is 0 Å². The highest BCUT2D eigenvalue weighted by Gasteiger charge is 2.25. The number of nitro groups is 1. The van der Waals surface area contributed by atoms with Gasteiger partial charge in [0.25, 0.3) is 15.7 Å². The van der Waals surface area contributed by atoms with E-state index in [9.17, 15) is 22.9 Å². The van der Waals surface area contributed by atoms with Gasteiger partial charge in [0, 0.05) is 19.2 Å². The van der Waals surface area contributed by atoms with E-state index in [1.807, 2.05) is 0 Å². The predicted octanol–water partition coefficient (Wildman–Crippen LogP) is 2.57. The van der Waals surface area contributed by atoms with Gasteiger partial charge >= 0.3 is 0 Å². The zero-order chi connectivity index (χ0) is 17.2. The fraction of sp³-hybridized carbons (Fsp3) is 0.143. The summed E-state index contributed by atoms with van der Waals surface area (Å²) in [6.07, 6.45) is 0. The van der Waals surface area contributed by atoms with Crippen molar-refractivity contribution >= 4 is 21.4 Å². The largest absolute Gasteiger partial charge is 0.495 e. The number of anilines is 1. The monoisotopic (exact) mass is 340 g/mol. The smallest absolute Gasteiger partial charge is 0.271 e. The van der Waals surface area contributed by atoms with Gasteiger partial charge in [0.2, 0.25) is 0 Å². The molecule has 2 rings (SSSR count). The van der Waals surface area contributed by atoms with Crippen molar-refractivity contribution in [2.45, 2.75) is 4.90 Å². The minimum Gasteiger partial charge on any atom is -0.495 e. The first kappa shape index (κ1) is 16.7. The van der Waals surface area contributed by atoms with Crippen LogP contribution in [0, 0.1) is 15.9 Å². The van der Waals surface area contributed by atoms with Crippen LogP contribution in [0.25, 0.3) is 0 Å². The van der Waals surface area contributed by atoms with Gasteiger partial charge in [0.05, 0.1) is 16.9 Å². The normalized spacial score (nSPS) is 11.1. The Balaban J connectivity index is 2.54. The van der Waals surface area contributed by atoms with Crippen LogP contribution in [0.1, 0.15) is 0 Å². The average molecular weight is 340 g/mol. The fourth-order valence-corrected chi connectivity index (χ4v) is 3.13. The molecule has 0 saturated heterocycles. The van der Waals surface area contributed by atoms with Gasteiger partial charge in [0.15, 0.2) is 0 Å². The summed E-state index contributed by atoms with van der Waals surface area (Å²) < 4.78 is 44.0. The Morgan fingerprint density at radius 1 is 1.17 bits per heavy atom. The van der Waals surface area contributed by atoms with Crippen LogP contribution in [0.4, 0.5) is 15.8 Å². The summed E-state index contributed by atoms with van der Waals surface area (Å²) in [7, 11) is -1.46. The van der Waals surface area contributed by atoms with Gasteiger partial charge in [-0.25, -0.2) is 12.8 Å². The molecule has 0 aliphatic rings. The third kappa shape index (κ3) is 3.24. The number of hydrogen-bond donors (Lipinski definition) is 0. The molecule has 0 aliphatic carbocycles. The molecule has 0 spiro atoms. The van der Waals surface area contributed by atoms with Crippen LogP contribution in [0.15, 0.2) is 47.4 Å². The molecule has 0 atom stereocenters. The first-order valence-electron chi connectivity index (χ1n) is 6.34. The zero-order valence-corrected chi connectivity index (χ0v) is 13.1. The molecule has 2 aromatic rings. The Morgan fingerprint density at radius 2 is 1.78 bits per heavy atom. The van der Waals surface area contributed by atoms with Crippen molar-refractivity contribution in [1.29, 1.82) is 0 Å². The summed E-state index contributed by atoms with van der Waals surface area (Å²) in [5.41, 5.74) is -0.270. The SMILES string of the molecule is COc1ccc([N+](=O)[O-])cc1N(C)S(=O)(=O)c1ccc(F)cc1. The van der Waals surface area contributed by atoms with E-state index in [0.717, 1.165) is 34.6 Å². The summed E-state index contributed by atoms with van der Waals surface area (Å²) in [4.78, 5) is 10.1. The van der Waals surface area contributed by atoms with Gasteiger partial charge in [-0.1, -0.05) is 0 Å². The van der Waals surface area contributed by atoms with E-state index in [-0.39, 0.29) is 22.0 Å². The summed E-state index contributed by atoms with van der Waals surface area (Å²) >= 11 is 0. The Bertz CT molecular complexity index is 837. The number of sulfonamides is 1. The topological polar surface area (TPSA) is 89.8 Å². The molecule has 0 aliphatic heterocycles. The van der Waals surface area contributed by atoms with Crippen LogP contribution in [-0.2, 0) is 10.0 Å². The Hall–Kier alpha value is -2.68. The number of hydrogen-bond acceptors (Lipinski definition) is 5. The van der Waals surface area contributed by atoms with Crippen molar-refractivity contribution < 1.29 is 22.5 Å². The second kappa shape index (κ2) is 6.21. The van der Waals surface area contributed by atoms with Gasteiger partial charge in [-0.15, -0.1) is 0 Å². The number of rotatable bonds is 5. The van der Waals surface area contributed by atoms with Gasteiger partial charge in [-0.3, -0.25) is 14.4 Å². The lowest BCUT2D eigenvalue weighted by Crippen LogP contribution is -2.27. The van der Waals surface area contributed by atoms with E-state index in [0.29, 0.717) is 0 Å². The molecule has 0 heterocycles. The van der Waals surface area contributed by atoms with E-state index in [4.69, 9.17) is 4.74 Å². The highest BCUT2D eigenvalue weighted by molar-refractivity contribution is 7.92. The number of methoxy groups -OCH3 is 1. The van der Waals surface area contributed by atoms with E-state index >= 15 is 0 Å². The zero-order valence-electron chi connectivity index (χ0n) is 12.3. The lowest BCUT2D eigenvalue weighted by molar-refractivity contribution is -0.384. The van der Waals surface area contributed by atoms with Crippen molar-refractivity contribution in [3.05, 3.63) is 58.4 Å². The molecular formula is C14H13FN2O5S. The number of benzene rings is 2. The van der Waals surface area contributed by atoms with Crippen LogP contribution in [0.2, 0.25) is 0 Å². The first-order chi connectivity index (χ1) is 10.8. The maximum absolute atomic E-state index is 13.0. The van der Waals surface area contributed by atoms with E-state index in [2.05, 4.69) is 0 Å². The maximum Gasteiger partial charge on any atom is 0.271 e. The molecule has 0 N–H and O–H groups in total. The molecule has 9 heteroatoms. The highest BCUT2D eigenvalue weighted by atomic mass is 32.2. The summed E-state index contributed by atoms with van der Waals surface area (Å²) in [5, 5.41) is 10.9. The molecule has 0 saturated carbocycles. The number of nitro benzene ring substituents is 1. The van der Waals surface area contributed by atoms with Gasteiger partial charge in [0.1, 0.15) is 17.3 Å². The minimum atomic E-state index is -4.02. The standard InChI is InChI=1S/C14H13FN2O5S/c1-16(23(20,21)12-6-3-10(15)4-7-12)13-9-11(17(18)19)5-8-14(13)22-2/h3-9H,1-2H3. The van der Waals surface area contributed by atoms with Crippen molar-refractivity contribution in [2.75, 3.05) is 18.5 Å². The van der Waals surface area contributed by atoms with Crippen LogP contribution in [0.5, 0.6) is 5.75 Å². The van der Waals surface area contributed by atoms with E-state index in [1.54, 1.807) is 0 Å². The molecule has 0 unspecified atom stereocenters. The first-order valence-corrected chi connectivity index (χ1v) is 7.78. The molecule has 23 heavy (non-hydrogen) atoms. The second-order valence-corrected chi connectivity index (χ2v) is 6.51. The molecule has 122 valence electrons. The fourth-order valence-electron chi connectivity index (χ4n) is 1.93. The predicted molar refractivity (Wildman–Crippen MR) is 81.6 cm³/mol. The van der Waals surface area contributed by atoms with Gasteiger partial charge < -0.3 is 4.74 Å². The molecular weight excluding hydrogens is 327 g/mol. The Morgan fingerprint density at radius 3 is 2.30 bits per heavy atom. The summed E-state index contributed by atoms with van der Waals surface area (Å²) in [5.74, 6) is -0.414. The van der Waals surface area contributed by atoms with E-state index in [1.165, 1.54) is 26.3 Å². The second-order valence-electron chi connectivity index (χ2n) is 4.54. The number of ether oxygens (including phenoxy) is 1. The lowest BCUT2D eigenvalue weighted by atomic mass is 10.2. The number of nitrogens with zero attached hydrogens (tertiary/aromatic N) is 2. The van der Waals surface area contributed by atoms with Crippen molar-refractivity contribution in [3.8, 4) is 5.75 Å². The van der Waals surface area contributed by atoms with Crippen molar-refractivity contribution in [2.24, 2.45) is 0 Å². The Labute approximate surface area is 132 Å². The van der Waals surface area contributed by atoms with Crippen LogP contribution < -0.4 is 9.04 Å². The molecule has 0 aromatic heterocycles. The third-order valence-electron chi connectivity index (χ3n) is 3.18. The quantitative estimate of drug-likeness (QED) is 0.616. The lowest BCUT2D eigenvalue weighted by Gasteiger charge is -2.21. The molecule has 0 fully saturated rings. The molecule has 7 nitrogen and oxygen atoms in total.